The molecular weight excluding hydrogens is 316 g/mol. The molecule has 138 valence electrons. The molecule has 0 aliphatic carbocycles. The molecule has 1 amide bonds. The smallest absolute Gasteiger partial charge is 0.410 e. The molecule has 2 aliphatic rings. The van der Waals surface area contributed by atoms with Crippen LogP contribution in [0.5, 0.6) is 0 Å². The van der Waals surface area contributed by atoms with Crippen molar-refractivity contribution < 1.29 is 9.53 Å². The van der Waals surface area contributed by atoms with E-state index >= 15 is 0 Å². The summed E-state index contributed by atoms with van der Waals surface area (Å²) < 4.78 is 5.76. The molecule has 2 aliphatic heterocycles. The summed E-state index contributed by atoms with van der Waals surface area (Å²) in [7, 11) is 0. The number of rotatable bonds is 3. The Morgan fingerprint density at radius 2 is 1.80 bits per heavy atom. The average Bonchev–Trinajstić information content (AvgIpc) is 2.62. The van der Waals surface area contributed by atoms with Gasteiger partial charge in [0.2, 0.25) is 0 Å². The molecule has 6 nitrogen and oxygen atoms in total. The van der Waals surface area contributed by atoms with E-state index in [4.69, 9.17) is 4.74 Å². The summed E-state index contributed by atoms with van der Waals surface area (Å²) in [6.07, 6.45) is 1.62. The first-order valence-corrected chi connectivity index (χ1v) is 9.41. The van der Waals surface area contributed by atoms with Crippen molar-refractivity contribution in [3.05, 3.63) is 23.9 Å². The standard InChI is InChI=1S/C19H30N4O2/c1-15(2)21-11-13-23(14-12-21)19(24)25-17-7-9-22(10-8-17)18-6-4-5-16(3)20-18/h4-6,15,17H,7-14H2,1-3H3. The van der Waals surface area contributed by atoms with Crippen molar-refractivity contribution in [1.82, 2.24) is 14.8 Å². The minimum Gasteiger partial charge on any atom is -0.446 e. The number of amides is 1. The summed E-state index contributed by atoms with van der Waals surface area (Å²) in [5, 5.41) is 0. The average molecular weight is 346 g/mol. The predicted molar refractivity (Wildman–Crippen MR) is 99.0 cm³/mol. The number of hydrogen-bond acceptors (Lipinski definition) is 5. The quantitative estimate of drug-likeness (QED) is 0.842. The maximum Gasteiger partial charge on any atom is 0.410 e. The minimum absolute atomic E-state index is 0.0247. The van der Waals surface area contributed by atoms with Gasteiger partial charge in [-0.15, -0.1) is 0 Å². The number of piperazine rings is 1. The molecule has 1 aromatic heterocycles. The molecule has 2 saturated heterocycles. The maximum atomic E-state index is 12.4. The Morgan fingerprint density at radius 3 is 2.40 bits per heavy atom. The summed E-state index contributed by atoms with van der Waals surface area (Å²) >= 11 is 0. The van der Waals surface area contributed by atoms with Gasteiger partial charge >= 0.3 is 6.09 Å². The van der Waals surface area contributed by atoms with Crippen LogP contribution in [-0.4, -0.2) is 72.3 Å². The van der Waals surface area contributed by atoms with Gasteiger partial charge in [0.25, 0.3) is 0 Å². The molecule has 0 spiro atoms. The lowest BCUT2D eigenvalue weighted by Crippen LogP contribution is -2.51. The van der Waals surface area contributed by atoms with Crippen molar-refractivity contribution in [3.8, 4) is 0 Å². The van der Waals surface area contributed by atoms with Gasteiger partial charge in [0, 0.05) is 63.8 Å². The molecule has 6 heteroatoms. The monoisotopic (exact) mass is 346 g/mol. The second kappa shape index (κ2) is 8.04. The van der Waals surface area contributed by atoms with Crippen LogP contribution in [0.3, 0.4) is 0 Å². The molecule has 0 N–H and O–H groups in total. The van der Waals surface area contributed by atoms with E-state index in [-0.39, 0.29) is 12.2 Å². The Bertz CT molecular complexity index is 577. The van der Waals surface area contributed by atoms with Gasteiger partial charge < -0.3 is 14.5 Å². The number of nitrogens with zero attached hydrogens (tertiary/aromatic N) is 4. The van der Waals surface area contributed by atoms with Gasteiger partial charge in [0.15, 0.2) is 0 Å². The van der Waals surface area contributed by atoms with Crippen LogP contribution in [0, 0.1) is 6.92 Å². The summed E-state index contributed by atoms with van der Waals surface area (Å²) in [6, 6.07) is 6.64. The summed E-state index contributed by atoms with van der Waals surface area (Å²) in [5.74, 6) is 1.02. The zero-order valence-electron chi connectivity index (χ0n) is 15.6. The largest absolute Gasteiger partial charge is 0.446 e. The Labute approximate surface area is 150 Å². The maximum absolute atomic E-state index is 12.4. The zero-order chi connectivity index (χ0) is 17.8. The number of aryl methyl sites for hydroxylation is 1. The number of anilines is 1. The molecule has 0 bridgehead atoms. The Kier molecular flexibility index (Phi) is 5.78. The lowest BCUT2D eigenvalue weighted by molar-refractivity contribution is 0.0337. The van der Waals surface area contributed by atoms with E-state index in [0.29, 0.717) is 6.04 Å². The lowest BCUT2D eigenvalue weighted by Gasteiger charge is -2.38. The van der Waals surface area contributed by atoms with Crippen LogP contribution in [0.15, 0.2) is 18.2 Å². The fourth-order valence-electron chi connectivity index (χ4n) is 3.55. The van der Waals surface area contributed by atoms with Crippen molar-refractivity contribution >= 4 is 11.9 Å². The highest BCUT2D eigenvalue weighted by atomic mass is 16.6. The van der Waals surface area contributed by atoms with Crippen LogP contribution in [0.25, 0.3) is 0 Å². The van der Waals surface area contributed by atoms with Crippen molar-refractivity contribution in [3.63, 3.8) is 0 Å². The second-order valence-corrected chi connectivity index (χ2v) is 7.32. The lowest BCUT2D eigenvalue weighted by atomic mass is 10.1. The normalized spacial score (nSPS) is 20.2. The molecule has 0 atom stereocenters. The van der Waals surface area contributed by atoms with Gasteiger partial charge in [-0.2, -0.15) is 0 Å². The molecule has 25 heavy (non-hydrogen) atoms. The SMILES string of the molecule is Cc1cccc(N2CCC(OC(=O)N3CCN(C(C)C)CC3)CC2)n1. The number of carbonyl (C=O) groups is 1. The number of ether oxygens (including phenoxy) is 1. The molecule has 0 saturated carbocycles. The van der Waals surface area contributed by atoms with Crippen LogP contribution in [0.1, 0.15) is 32.4 Å². The molecular formula is C19H30N4O2. The third kappa shape index (κ3) is 4.63. The fraction of sp³-hybridized carbons (Fsp3) is 0.684. The fourth-order valence-corrected chi connectivity index (χ4v) is 3.55. The Hall–Kier alpha value is -1.82. The van der Waals surface area contributed by atoms with Gasteiger partial charge in [-0.3, -0.25) is 4.90 Å². The number of carbonyl (C=O) groups excluding carboxylic acids is 1. The topological polar surface area (TPSA) is 48.9 Å². The van der Waals surface area contributed by atoms with Gasteiger partial charge in [0.1, 0.15) is 11.9 Å². The van der Waals surface area contributed by atoms with Crippen LogP contribution >= 0.6 is 0 Å². The first-order valence-electron chi connectivity index (χ1n) is 9.41. The van der Waals surface area contributed by atoms with Gasteiger partial charge in [0.05, 0.1) is 0 Å². The molecule has 3 rings (SSSR count). The summed E-state index contributed by atoms with van der Waals surface area (Å²) in [4.78, 5) is 23.5. The van der Waals surface area contributed by atoms with Crippen molar-refractivity contribution in [1.29, 1.82) is 0 Å². The van der Waals surface area contributed by atoms with Gasteiger partial charge in [-0.25, -0.2) is 9.78 Å². The van der Waals surface area contributed by atoms with E-state index in [9.17, 15) is 4.79 Å². The Morgan fingerprint density at radius 1 is 1.12 bits per heavy atom. The highest BCUT2D eigenvalue weighted by molar-refractivity contribution is 5.68. The first-order chi connectivity index (χ1) is 12.0. The number of piperidine rings is 1. The molecule has 2 fully saturated rings. The van der Waals surface area contributed by atoms with Crippen LogP contribution in [-0.2, 0) is 4.74 Å². The van der Waals surface area contributed by atoms with Crippen molar-refractivity contribution in [2.45, 2.75) is 45.8 Å². The van der Waals surface area contributed by atoms with Crippen LogP contribution in [0.2, 0.25) is 0 Å². The van der Waals surface area contributed by atoms with Crippen molar-refractivity contribution in [2.24, 2.45) is 0 Å². The van der Waals surface area contributed by atoms with E-state index in [1.807, 2.05) is 30.0 Å². The van der Waals surface area contributed by atoms with Gasteiger partial charge in [-0.1, -0.05) is 6.07 Å². The van der Waals surface area contributed by atoms with E-state index in [2.05, 4.69) is 28.6 Å². The number of pyridine rings is 1. The Balaban J connectivity index is 1.44. The zero-order valence-corrected chi connectivity index (χ0v) is 15.6. The predicted octanol–water partition coefficient (Wildman–Crippen LogP) is 2.52. The summed E-state index contributed by atoms with van der Waals surface area (Å²) in [5.41, 5.74) is 1.03. The molecule has 3 heterocycles. The van der Waals surface area contributed by atoms with E-state index < -0.39 is 0 Å². The number of aromatic nitrogens is 1. The third-order valence-corrected chi connectivity index (χ3v) is 5.21. The first kappa shape index (κ1) is 18.0. The molecule has 0 aromatic carbocycles. The van der Waals surface area contributed by atoms with Crippen molar-refractivity contribution in [2.75, 3.05) is 44.2 Å². The van der Waals surface area contributed by atoms with E-state index in [1.165, 1.54) is 0 Å². The molecule has 0 unspecified atom stereocenters. The van der Waals surface area contributed by atoms with Crippen LogP contribution < -0.4 is 4.90 Å². The van der Waals surface area contributed by atoms with E-state index in [1.54, 1.807) is 0 Å². The summed E-state index contributed by atoms with van der Waals surface area (Å²) in [6.45, 7) is 11.6. The van der Waals surface area contributed by atoms with E-state index in [0.717, 1.165) is 63.6 Å². The highest BCUT2D eigenvalue weighted by Crippen LogP contribution is 2.20. The molecule has 0 radical (unpaired) electrons. The molecule has 1 aromatic rings. The minimum atomic E-state index is -0.143. The highest BCUT2D eigenvalue weighted by Gasteiger charge is 2.28. The van der Waals surface area contributed by atoms with Crippen LogP contribution in [0.4, 0.5) is 10.6 Å². The second-order valence-electron chi connectivity index (χ2n) is 7.32. The third-order valence-electron chi connectivity index (χ3n) is 5.21. The van der Waals surface area contributed by atoms with Gasteiger partial charge in [-0.05, 0) is 32.9 Å². The number of hydrogen-bond donors (Lipinski definition) is 0.